The Morgan fingerprint density at radius 1 is 1.65 bits per heavy atom. The fourth-order valence-corrected chi connectivity index (χ4v) is 2.06. The summed E-state index contributed by atoms with van der Waals surface area (Å²) in [5.41, 5.74) is 2.29. The van der Waals surface area contributed by atoms with Gasteiger partial charge in [-0.05, 0) is 18.8 Å². The van der Waals surface area contributed by atoms with Crippen LogP contribution in [0.3, 0.4) is 0 Å². The van der Waals surface area contributed by atoms with Gasteiger partial charge < -0.3 is 10.0 Å². The standard InChI is InChI=1S/C10H16FN5O/c11-8-4-13-10(15-12)14-9(8)16-3-1-2-7(5-16)6-17/h4,7,17H,1-3,5-6,12H2,(H,13,14,15). The highest BCUT2D eigenvalue weighted by molar-refractivity contribution is 5.43. The molecule has 4 N–H and O–H groups in total. The van der Waals surface area contributed by atoms with Crippen molar-refractivity contribution in [1.82, 2.24) is 9.97 Å². The number of hydrogen-bond acceptors (Lipinski definition) is 6. The number of halogens is 1. The van der Waals surface area contributed by atoms with E-state index in [4.69, 9.17) is 10.9 Å². The van der Waals surface area contributed by atoms with Crippen molar-refractivity contribution in [2.75, 3.05) is 30.0 Å². The lowest BCUT2D eigenvalue weighted by Crippen LogP contribution is -2.38. The van der Waals surface area contributed by atoms with Gasteiger partial charge in [-0.3, -0.25) is 5.43 Å². The number of piperidine rings is 1. The van der Waals surface area contributed by atoms with E-state index < -0.39 is 5.82 Å². The molecule has 1 aromatic heterocycles. The second-order valence-electron chi connectivity index (χ2n) is 4.15. The lowest BCUT2D eigenvalue weighted by molar-refractivity contribution is 0.208. The largest absolute Gasteiger partial charge is 0.396 e. The van der Waals surface area contributed by atoms with Crippen LogP contribution in [0.1, 0.15) is 12.8 Å². The van der Waals surface area contributed by atoms with Gasteiger partial charge in [0.2, 0.25) is 5.95 Å². The van der Waals surface area contributed by atoms with E-state index in [1.54, 1.807) is 0 Å². The quantitative estimate of drug-likeness (QED) is 0.514. The van der Waals surface area contributed by atoms with Gasteiger partial charge in [0.05, 0.1) is 6.20 Å². The number of nitrogens with two attached hydrogens (primary N) is 1. The first-order valence-corrected chi connectivity index (χ1v) is 5.59. The molecule has 94 valence electrons. The average molecular weight is 241 g/mol. The number of nitrogens with one attached hydrogen (secondary N) is 1. The van der Waals surface area contributed by atoms with Gasteiger partial charge in [-0.15, -0.1) is 0 Å². The maximum atomic E-state index is 13.6. The smallest absolute Gasteiger partial charge is 0.239 e. The lowest BCUT2D eigenvalue weighted by Gasteiger charge is -2.32. The molecule has 0 radical (unpaired) electrons. The molecule has 1 unspecified atom stereocenters. The summed E-state index contributed by atoms with van der Waals surface area (Å²) in [6.07, 6.45) is 2.97. The van der Waals surface area contributed by atoms with Gasteiger partial charge in [0.25, 0.3) is 0 Å². The van der Waals surface area contributed by atoms with Gasteiger partial charge in [0.1, 0.15) is 0 Å². The number of anilines is 2. The van der Waals surface area contributed by atoms with Crippen LogP contribution in [0.5, 0.6) is 0 Å². The SMILES string of the molecule is NNc1ncc(F)c(N2CCCC(CO)C2)n1. The van der Waals surface area contributed by atoms with Gasteiger partial charge in [-0.1, -0.05) is 0 Å². The van der Waals surface area contributed by atoms with E-state index in [1.807, 2.05) is 4.90 Å². The Bertz CT molecular complexity index is 389. The van der Waals surface area contributed by atoms with Crippen LogP contribution in [0.25, 0.3) is 0 Å². The molecule has 0 aliphatic carbocycles. The molecule has 7 heteroatoms. The second-order valence-corrected chi connectivity index (χ2v) is 4.15. The second kappa shape index (κ2) is 5.24. The number of aliphatic hydroxyl groups is 1. The minimum Gasteiger partial charge on any atom is -0.396 e. The molecule has 2 rings (SSSR count). The lowest BCUT2D eigenvalue weighted by atomic mass is 9.99. The first-order chi connectivity index (χ1) is 8.24. The van der Waals surface area contributed by atoms with Crippen LogP contribution in [0, 0.1) is 11.7 Å². The molecule has 1 aromatic rings. The highest BCUT2D eigenvalue weighted by atomic mass is 19.1. The zero-order valence-electron chi connectivity index (χ0n) is 9.43. The van der Waals surface area contributed by atoms with Crippen LogP contribution >= 0.6 is 0 Å². The Morgan fingerprint density at radius 3 is 3.18 bits per heavy atom. The van der Waals surface area contributed by atoms with Gasteiger partial charge in [0, 0.05) is 19.7 Å². The molecular weight excluding hydrogens is 225 g/mol. The van der Waals surface area contributed by atoms with Crippen LogP contribution in [0.2, 0.25) is 0 Å². The van der Waals surface area contributed by atoms with Crippen LogP contribution in [0.4, 0.5) is 16.2 Å². The Hall–Kier alpha value is -1.47. The third kappa shape index (κ3) is 2.62. The monoisotopic (exact) mass is 241 g/mol. The fourth-order valence-electron chi connectivity index (χ4n) is 2.06. The zero-order valence-corrected chi connectivity index (χ0v) is 9.43. The van der Waals surface area contributed by atoms with Gasteiger partial charge in [-0.2, -0.15) is 4.98 Å². The minimum absolute atomic E-state index is 0.116. The summed E-state index contributed by atoms with van der Waals surface area (Å²) < 4.78 is 13.6. The molecule has 0 bridgehead atoms. The van der Waals surface area contributed by atoms with E-state index in [0.29, 0.717) is 6.54 Å². The number of rotatable bonds is 3. The van der Waals surface area contributed by atoms with Crippen LogP contribution < -0.4 is 16.2 Å². The third-order valence-corrected chi connectivity index (χ3v) is 2.93. The summed E-state index contributed by atoms with van der Waals surface area (Å²) in [6.45, 7) is 1.45. The van der Waals surface area contributed by atoms with Crippen LogP contribution in [-0.2, 0) is 0 Å². The van der Waals surface area contributed by atoms with E-state index in [0.717, 1.165) is 25.6 Å². The number of aromatic nitrogens is 2. The van der Waals surface area contributed by atoms with E-state index in [1.165, 1.54) is 0 Å². The molecular formula is C10H16FN5O. The molecule has 0 aromatic carbocycles. The van der Waals surface area contributed by atoms with E-state index in [-0.39, 0.29) is 24.3 Å². The average Bonchev–Trinajstić information content (AvgIpc) is 2.39. The molecule has 0 spiro atoms. The Kier molecular flexibility index (Phi) is 3.70. The van der Waals surface area contributed by atoms with Crippen LogP contribution in [-0.4, -0.2) is 34.8 Å². The molecule has 17 heavy (non-hydrogen) atoms. The first kappa shape index (κ1) is 12.0. The van der Waals surface area contributed by atoms with Gasteiger partial charge in [-0.25, -0.2) is 15.2 Å². The predicted octanol–water partition coefficient (Wildman–Crippen LogP) is 0.110. The van der Waals surface area contributed by atoms with Crippen molar-refractivity contribution in [1.29, 1.82) is 0 Å². The Morgan fingerprint density at radius 2 is 2.47 bits per heavy atom. The van der Waals surface area contributed by atoms with Crippen molar-refractivity contribution in [3.05, 3.63) is 12.0 Å². The first-order valence-electron chi connectivity index (χ1n) is 5.59. The predicted molar refractivity (Wildman–Crippen MR) is 61.8 cm³/mol. The minimum atomic E-state index is -0.470. The van der Waals surface area contributed by atoms with Crippen molar-refractivity contribution in [3.63, 3.8) is 0 Å². The molecule has 1 fully saturated rings. The maximum Gasteiger partial charge on any atom is 0.239 e. The maximum absolute atomic E-state index is 13.6. The van der Waals surface area contributed by atoms with Crippen molar-refractivity contribution in [2.24, 2.45) is 11.8 Å². The zero-order chi connectivity index (χ0) is 12.3. The highest BCUT2D eigenvalue weighted by Crippen LogP contribution is 2.23. The highest BCUT2D eigenvalue weighted by Gasteiger charge is 2.23. The number of nitrogen functional groups attached to an aromatic ring is 1. The summed E-state index contributed by atoms with van der Waals surface area (Å²) in [4.78, 5) is 9.52. The molecule has 1 aliphatic rings. The number of nitrogens with zero attached hydrogens (tertiary/aromatic N) is 3. The van der Waals surface area contributed by atoms with Crippen molar-refractivity contribution in [2.45, 2.75) is 12.8 Å². The van der Waals surface area contributed by atoms with Crippen molar-refractivity contribution in [3.8, 4) is 0 Å². The summed E-state index contributed by atoms with van der Waals surface area (Å²) in [5.74, 6) is 5.33. The molecule has 2 heterocycles. The van der Waals surface area contributed by atoms with Crippen molar-refractivity contribution < 1.29 is 9.50 Å². The van der Waals surface area contributed by atoms with E-state index in [9.17, 15) is 4.39 Å². The third-order valence-electron chi connectivity index (χ3n) is 2.93. The van der Waals surface area contributed by atoms with E-state index >= 15 is 0 Å². The van der Waals surface area contributed by atoms with Crippen LogP contribution in [0.15, 0.2) is 6.20 Å². The Labute approximate surface area is 98.6 Å². The number of hydrazine groups is 1. The topological polar surface area (TPSA) is 87.3 Å². The van der Waals surface area contributed by atoms with Crippen molar-refractivity contribution >= 4 is 11.8 Å². The molecule has 1 aliphatic heterocycles. The van der Waals surface area contributed by atoms with E-state index in [2.05, 4.69) is 15.4 Å². The van der Waals surface area contributed by atoms with Gasteiger partial charge >= 0.3 is 0 Å². The molecule has 1 saturated heterocycles. The molecule has 1 atom stereocenters. The summed E-state index contributed by atoms with van der Waals surface area (Å²) in [6, 6.07) is 0. The Balaban J connectivity index is 2.20. The molecule has 0 saturated carbocycles. The number of aliphatic hydroxyl groups excluding tert-OH is 1. The normalized spacial score (nSPS) is 20.4. The van der Waals surface area contributed by atoms with Gasteiger partial charge in [0.15, 0.2) is 11.6 Å². The number of hydrogen-bond donors (Lipinski definition) is 3. The molecule has 6 nitrogen and oxygen atoms in total. The molecule has 0 amide bonds. The summed E-state index contributed by atoms with van der Waals surface area (Å²) in [5, 5.41) is 9.14. The summed E-state index contributed by atoms with van der Waals surface area (Å²) in [7, 11) is 0. The fraction of sp³-hybridized carbons (Fsp3) is 0.600. The summed E-state index contributed by atoms with van der Waals surface area (Å²) >= 11 is 0.